The van der Waals surface area contributed by atoms with Gasteiger partial charge in [0, 0.05) is 17.1 Å². The van der Waals surface area contributed by atoms with E-state index in [4.69, 9.17) is 18.0 Å². The predicted octanol–water partition coefficient (Wildman–Crippen LogP) is 3.22. The number of halogens is 1. The SMILES string of the molecule is Cc1cc(Nc2cccc(F)c2)c(C(N)=S)c(C)n1. The molecule has 3 nitrogen and oxygen atoms in total. The summed E-state index contributed by atoms with van der Waals surface area (Å²) in [5.74, 6) is -0.302. The van der Waals surface area contributed by atoms with Gasteiger partial charge in [0.25, 0.3) is 0 Å². The van der Waals surface area contributed by atoms with Crippen molar-refractivity contribution in [3.05, 3.63) is 53.1 Å². The molecule has 0 aliphatic heterocycles. The van der Waals surface area contributed by atoms with Crippen LogP contribution in [0.3, 0.4) is 0 Å². The fourth-order valence-corrected chi connectivity index (χ4v) is 2.22. The summed E-state index contributed by atoms with van der Waals surface area (Å²) >= 11 is 5.05. The third-order valence-electron chi connectivity index (χ3n) is 2.68. The molecule has 0 aliphatic carbocycles. The van der Waals surface area contributed by atoms with Crippen LogP contribution in [0, 0.1) is 19.7 Å². The Labute approximate surface area is 116 Å². The molecule has 0 atom stereocenters. The number of rotatable bonds is 3. The number of thiocarbonyl (C=S) groups is 1. The quantitative estimate of drug-likeness (QED) is 0.845. The van der Waals surface area contributed by atoms with E-state index in [-0.39, 0.29) is 10.8 Å². The summed E-state index contributed by atoms with van der Waals surface area (Å²) in [7, 11) is 0. The summed E-state index contributed by atoms with van der Waals surface area (Å²) in [5, 5.41) is 3.13. The summed E-state index contributed by atoms with van der Waals surface area (Å²) in [5.41, 5.74) is 9.39. The first-order chi connectivity index (χ1) is 8.97. The topological polar surface area (TPSA) is 50.9 Å². The lowest BCUT2D eigenvalue weighted by molar-refractivity contribution is 0.628. The van der Waals surface area contributed by atoms with E-state index in [0.29, 0.717) is 11.3 Å². The number of aromatic nitrogens is 1. The van der Waals surface area contributed by atoms with Crippen molar-refractivity contribution >= 4 is 28.6 Å². The molecule has 98 valence electrons. The van der Waals surface area contributed by atoms with Crippen LogP contribution in [-0.2, 0) is 0 Å². The van der Waals surface area contributed by atoms with Crippen molar-refractivity contribution in [3.63, 3.8) is 0 Å². The Hall–Kier alpha value is -2.01. The Morgan fingerprint density at radius 3 is 2.68 bits per heavy atom. The lowest BCUT2D eigenvalue weighted by Crippen LogP contribution is -2.15. The smallest absolute Gasteiger partial charge is 0.125 e. The van der Waals surface area contributed by atoms with Crippen LogP contribution in [0.5, 0.6) is 0 Å². The molecular weight excluding hydrogens is 261 g/mol. The molecule has 5 heteroatoms. The molecule has 0 fully saturated rings. The van der Waals surface area contributed by atoms with E-state index in [0.717, 1.165) is 17.1 Å². The largest absolute Gasteiger partial charge is 0.389 e. The highest BCUT2D eigenvalue weighted by molar-refractivity contribution is 7.80. The van der Waals surface area contributed by atoms with Gasteiger partial charge in [-0.15, -0.1) is 0 Å². The van der Waals surface area contributed by atoms with Gasteiger partial charge in [-0.25, -0.2) is 4.39 Å². The summed E-state index contributed by atoms with van der Waals surface area (Å²) in [4.78, 5) is 4.60. The molecule has 0 spiro atoms. The van der Waals surface area contributed by atoms with E-state index in [1.807, 2.05) is 19.9 Å². The molecule has 0 unspecified atom stereocenters. The van der Waals surface area contributed by atoms with Gasteiger partial charge in [-0.1, -0.05) is 18.3 Å². The summed E-state index contributed by atoms with van der Waals surface area (Å²) in [6, 6.07) is 8.06. The predicted molar refractivity (Wildman–Crippen MR) is 79.3 cm³/mol. The van der Waals surface area contributed by atoms with Crippen LogP contribution >= 0.6 is 12.2 Å². The van der Waals surface area contributed by atoms with E-state index in [1.54, 1.807) is 12.1 Å². The second kappa shape index (κ2) is 5.32. The lowest BCUT2D eigenvalue weighted by Gasteiger charge is -2.14. The van der Waals surface area contributed by atoms with Crippen molar-refractivity contribution < 1.29 is 4.39 Å². The van der Waals surface area contributed by atoms with Crippen molar-refractivity contribution in [2.45, 2.75) is 13.8 Å². The number of nitrogens with zero attached hydrogens (tertiary/aromatic N) is 1. The molecule has 1 aromatic heterocycles. The van der Waals surface area contributed by atoms with Gasteiger partial charge in [-0.3, -0.25) is 4.98 Å². The van der Waals surface area contributed by atoms with Gasteiger partial charge in [0.1, 0.15) is 10.8 Å². The van der Waals surface area contributed by atoms with Crippen LogP contribution < -0.4 is 11.1 Å². The van der Waals surface area contributed by atoms with Crippen LogP contribution in [0.25, 0.3) is 0 Å². The second-order valence-electron chi connectivity index (χ2n) is 4.27. The van der Waals surface area contributed by atoms with Crippen molar-refractivity contribution in [3.8, 4) is 0 Å². The van der Waals surface area contributed by atoms with Gasteiger partial charge in [0.15, 0.2) is 0 Å². The minimum absolute atomic E-state index is 0.268. The molecule has 0 amide bonds. The maximum Gasteiger partial charge on any atom is 0.125 e. The third-order valence-corrected chi connectivity index (χ3v) is 2.88. The van der Waals surface area contributed by atoms with Crippen molar-refractivity contribution in [2.75, 3.05) is 5.32 Å². The van der Waals surface area contributed by atoms with Crippen LogP contribution in [0.15, 0.2) is 30.3 Å². The number of pyridine rings is 1. The van der Waals surface area contributed by atoms with E-state index in [1.165, 1.54) is 12.1 Å². The number of hydrogen-bond donors (Lipinski definition) is 2. The van der Waals surface area contributed by atoms with Gasteiger partial charge in [0.2, 0.25) is 0 Å². The number of benzene rings is 1. The van der Waals surface area contributed by atoms with E-state index >= 15 is 0 Å². The zero-order valence-electron chi connectivity index (χ0n) is 10.7. The Morgan fingerprint density at radius 2 is 2.05 bits per heavy atom. The van der Waals surface area contributed by atoms with E-state index in [2.05, 4.69) is 10.3 Å². The minimum Gasteiger partial charge on any atom is -0.389 e. The van der Waals surface area contributed by atoms with Gasteiger partial charge in [0.05, 0.1) is 11.3 Å². The Kier molecular flexibility index (Phi) is 3.76. The lowest BCUT2D eigenvalue weighted by atomic mass is 10.1. The first-order valence-corrected chi connectivity index (χ1v) is 6.19. The van der Waals surface area contributed by atoms with Crippen LogP contribution in [0.1, 0.15) is 17.0 Å². The maximum absolute atomic E-state index is 13.2. The normalized spacial score (nSPS) is 10.3. The Bertz CT molecular complexity index is 641. The first kappa shape index (κ1) is 13.4. The van der Waals surface area contributed by atoms with E-state index in [9.17, 15) is 4.39 Å². The van der Waals surface area contributed by atoms with Crippen LogP contribution in [-0.4, -0.2) is 9.97 Å². The molecule has 0 saturated carbocycles. The van der Waals surface area contributed by atoms with E-state index < -0.39 is 0 Å². The van der Waals surface area contributed by atoms with Gasteiger partial charge < -0.3 is 11.1 Å². The average Bonchev–Trinajstić information content (AvgIpc) is 2.26. The minimum atomic E-state index is -0.302. The van der Waals surface area contributed by atoms with Gasteiger partial charge >= 0.3 is 0 Å². The zero-order chi connectivity index (χ0) is 14.0. The highest BCUT2D eigenvalue weighted by atomic mass is 32.1. The number of nitrogens with two attached hydrogens (primary N) is 1. The van der Waals surface area contributed by atoms with Crippen molar-refractivity contribution in [1.29, 1.82) is 0 Å². The number of anilines is 2. The molecule has 2 rings (SSSR count). The molecule has 1 aromatic carbocycles. The molecule has 0 aliphatic rings. The highest BCUT2D eigenvalue weighted by Crippen LogP contribution is 2.24. The summed E-state index contributed by atoms with van der Waals surface area (Å²) in [6.07, 6.45) is 0. The molecule has 3 N–H and O–H groups in total. The molecule has 0 bridgehead atoms. The van der Waals surface area contributed by atoms with Crippen LogP contribution in [0.2, 0.25) is 0 Å². The molecule has 0 saturated heterocycles. The first-order valence-electron chi connectivity index (χ1n) is 5.78. The highest BCUT2D eigenvalue weighted by Gasteiger charge is 2.11. The van der Waals surface area contributed by atoms with Gasteiger partial charge in [-0.2, -0.15) is 0 Å². The maximum atomic E-state index is 13.2. The second-order valence-corrected chi connectivity index (χ2v) is 4.71. The van der Waals surface area contributed by atoms with Crippen molar-refractivity contribution in [2.24, 2.45) is 5.73 Å². The monoisotopic (exact) mass is 275 g/mol. The van der Waals surface area contributed by atoms with Gasteiger partial charge in [-0.05, 0) is 38.1 Å². The summed E-state index contributed by atoms with van der Waals surface area (Å²) in [6.45, 7) is 3.73. The fourth-order valence-electron chi connectivity index (χ4n) is 1.96. The molecule has 0 radical (unpaired) electrons. The molecular formula is C14H14FN3S. The standard InChI is InChI=1S/C14H14FN3S/c1-8-6-12(13(14(16)19)9(2)17-8)18-11-5-3-4-10(15)7-11/h3-7H,1-2H3,(H2,16,19)(H,17,18). The molecule has 1 heterocycles. The zero-order valence-corrected chi connectivity index (χ0v) is 11.5. The molecule has 2 aromatic rings. The fraction of sp³-hybridized carbons (Fsp3) is 0.143. The Morgan fingerprint density at radius 1 is 1.32 bits per heavy atom. The Balaban J connectivity index is 2.47. The number of nitrogens with one attached hydrogen (secondary N) is 1. The van der Waals surface area contributed by atoms with Crippen molar-refractivity contribution in [1.82, 2.24) is 4.98 Å². The number of aryl methyl sites for hydroxylation is 2. The molecule has 19 heavy (non-hydrogen) atoms. The number of hydrogen-bond acceptors (Lipinski definition) is 3. The third kappa shape index (κ3) is 3.06. The van der Waals surface area contributed by atoms with Crippen LogP contribution in [0.4, 0.5) is 15.8 Å². The average molecular weight is 275 g/mol. The summed E-state index contributed by atoms with van der Waals surface area (Å²) < 4.78 is 13.2.